The molecule has 2 rings (SSSR count). The molecule has 1 aliphatic carbocycles. The van der Waals surface area contributed by atoms with Gasteiger partial charge in [-0.1, -0.05) is 32.1 Å². The van der Waals surface area contributed by atoms with Crippen LogP contribution < -0.4 is 5.32 Å². The van der Waals surface area contributed by atoms with E-state index in [2.05, 4.69) is 36.1 Å². The lowest BCUT2D eigenvalue weighted by molar-refractivity contribution is 0.309. The van der Waals surface area contributed by atoms with E-state index in [4.69, 9.17) is 4.99 Å². The van der Waals surface area contributed by atoms with E-state index >= 15 is 0 Å². The van der Waals surface area contributed by atoms with Crippen molar-refractivity contribution >= 4 is 29.9 Å². The van der Waals surface area contributed by atoms with Gasteiger partial charge < -0.3 is 15.1 Å². The minimum absolute atomic E-state index is 0. The van der Waals surface area contributed by atoms with Crippen LogP contribution in [0.15, 0.2) is 4.99 Å². The fraction of sp³-hybridized carbons (Fsp3) is 0.950. The molecule has 1 aliphatic heterocycles. The molecule has 1 saturated heterocycles. The second-order valence-corrected chi connectivity index (χ2v) is 8.19. The van der Waals surface area contributed by atoms with Gasteiger partial charge >= 0.3 is 0 Å². The summed E-state index contributed by atoms with van der Waals surface area (Å²) in [5.41, 5.74) is 0.628. The lowest BCUT2D eigenvalue weighted by atomic mass is 9.86. The Morgan fingerprint density at radius 2 is 1.72 bits per heavy atom. The molecule has 148 valence electrons. The number of aliphatic imine (C=N–C) groups is 1. The van der Waals surface area contributed by atoms with Gasteiger partial charge in [-0.05, 0) is 65.1 Å². The lowest BCUT2D eigenvalue weighted by Crippen LogP contribution is -2.41. The van der Waals surface area contributed by atoms with E-state index in [1.165, 1.54) is 89.8 Å². The maximum Gasteiger partial charge on any atom is 0.193 e. The Balaban J connectivity index is 0.00000312. The molecule has 0 unspecified atom stereocenters. The van der Waals surface area contributed by atoms with Crippen LogP contribution in [0, 0.1) is 5.41 Å². The van der Waals surface area contributed by atoms with E-state index in [1.54, 1.807) is 0 Å². The maximum atomic E-state index is 4.92. The number of unbranched alkanes of at least 4 members (excludes halogenated alkanes) is 4. The third-order valence-corrected chi connectivity index (χ3v) is 5.76. The minimum atomic E-state index is 0. The van der Waals surface area contributed by atoms with Crippen LogP contribution in [-0.2, 0) is 0 Å². The highest BCUT2D eigenvalue weighted by Gasteiger charge is 2.40. The summed E-state index contributed by atoms with van der Waals surface area (Å²) >= 11 is 0. The summed E-state index contributed by atoms with van der Waals surface area (Å²) in [5, 5.41) is 3.52. The van der Waals surface area contributed by atoms with Gasteiger partial charge in [0, 0.05) is 26.2 Å². The number of rotatable bonds is 9. The Morgan fingerprint density at radius 3 is 2.40 bits per heavy atom. The van der Waals surface area contributed by atoms with E-state index < -0.39 is 0 Å². The van der Waals surface area contributed by atoms with Gasteiger partial charge in [0.1, 0.15) is 0 Å². The van der Waals surface area contributed by atoms with Crippen molar-refractivity contribution in [2.75, 3.05) is 46.8 Å². The molecule has 0 radical (unpaired) electrons. The first kappa shape index (κ1) is 23.0. The van der Waals surface area contributed by atoms with Crippen LogP contribution in [0.1, 0.15) is 71.1 Å². The topological polar surface area (TPSA) is 30.9 Å². The molecule has 1 N–H and O–H groups in total. The molecule has 0 aromatic rings. The first-order valence-electron chi connectivity index (χ1n) is 10.3. The van der Waals surface area contributed by atoms with Gasteiger partial charge in [0.15, 0.2) is 5.96 Å². The van der Waals surface area contributed by atoms with Crippen molar-refractivity contribution in [1.29, 1.82) is 0 Å². The van der Waals surface area contributed by atoms with Gasteiger partial charge in [0.05, 0.1) is 0 Å². The Hall–Kier alpha value is -0.0400. The molecular weight excluding hydrogens is 423 g/mol. The molecule has 1 saturated carbocycles. The highest BCUT2D eigenvalue weighted by Crippen LogP contribution is 2.45. The molecule has 0 aromatic carbocycles. The molecule has 1 heterocycles. The van der Waals surface area contributed by atoms with Crippen LogP contribution in [0.3, 0.4) is 0 Å². The number of hydrogen-bond acceptors (Lipinski definition) is 2. The fourth-order valence-electron chi connectivity index (χ4n) is 4.33. The van der Waals surface area contributed by atoms with E-state index in [-0.39, 0.29) is 24.0 Å². The standard InChI is InChI=1S/C20H40N4.HI/c1-4-21-19(22-15-10-6-5-7-11-16-23(2)3)24-17-14-20(18-24)12-8-9-13-20;/h4-18H2,1-3H3,(H,21,22);1H. The van der Waals surface area contributed by atoms with Crippen molar-refractivity contribution in [3.05, 3.63) is 0 Å². The maximum absolute atomic E-state index is 4.92. The van der Waals surface area contributed by atoms with Gasteiger partial charge in [-0.3, -0.25) is 4.99 Å². The molecule has 0 bridgehead atoms. The summed E-state index contributed by atoms with van der Waals surface area (Å²) in [6.45, 7) is 7.81. The summed E-state index contributed by atoms with van der Waals surface area (Å²) in [7, 11) is 4.32. The summed E-state index contributed by atoms with van der Waals surface area (Å²) in [6, 6.07) is 0. The first-order chi connectivity index (χ1) is 11.7. The van der Waals surface area contributed by atoms with Crippen LogP contribution in [0.5, 0.6) is 0 Å². The van der Waals surface area contributed by atoms with E-state index in [9.17, 15) is 0 Å². The number of likely N-dealkylation sites (tertiary alicyclic amines) is 1. The van der Waals surface area contributed by atoms with Crippen LogP contribution in [0.4, 0.5) is 0 Å². The molecule has 2 aliphatic rings. The monoisotopic (exact) mass is 464 g/mol. The number of halogens is 1. The van der Waals surface area contributed by atoms with Crippen LogP contribution in [0.25, 0.3) is 0 Å². The molecule has 0 amide bonds. The zero-order chi connectivity index (χ0) is 17.3. The summed E-state index contributed by atoms with van der Waals surface area (Å²) in [5.74, 6) is 1.17. The van der Waals surface area contributed by atoms with Crippen molar-refractivity contribution < 1.29 is 0 Å². The van der Waals surface area contributed by atoms with Crippen molar-refractivity contribution in [3.63, 3.8) is 0 Å². The summed E-state index contributed by atoms with van der Waals surface area (Å²) in [4.78, 5) is 9.73. The number of nitrogens with one attached hydrogen (secondary N) is 1. The second-order valence-electron chi connectivity index (χ2n) is 8.19. The van der Waals surface area contributed by atoms with Crippen LogP contribution in [-0.4, -0.2) is 62.6 Å². The molecule has 0 atom stereocenters. The van der Waals surface area contributed by atoms with Crippen molar-refractivity contribution in [2.24, 2.45) is 10.4 Å². The quantitative estimate of drug-likeness (QED) is 0.238. The minimum Gasteiger partial charge on any atom is -0.357 e. The predicted molar refractivity (Wildman–Crippen MR) is 120 cm³/mol. The fourth-order valence-corrected chi connectivity index (χ4v) is 4.33. The van der Waals surface area contributed by atoms with E-state index in [0.29, 0.717) is 5.41 Å². The van der Waals surface area contributed by atoms with Gasteiger partial charge in [0.2, 0.25) is 0 Å². The highest BCUT2D eigenvalue weighted by atomic mass is 127. The summed E-state index contributed by atoms with van der Waals surface area (Å²) in [6.07, 6.45) is 13.7. The van der Waals surface area contributed by atoms with Gasteiger partial charge in [-0.15, -0.1) is 24.0 Å². The van der Waals surface area contributed by atoms with Crippen molar-refractivity contribution in [2.45, 2.75) is 71.1 Å². The normalized spacial score (nSPS) is 19.7. The van der Waals surface area contributed by atoms with Crippen molar-refractivity contribution in [1.82, 2.24) is 15.1 Å². The van der Waals surface area contributed by atoms with Crippen LogP contribution in [0.2, 0.25) is 0 Å². The molecule has 2 fully saturated rings. The number of hydrogen-bond donors (Lipinski definition) is 1. The molecular formula is C20H41IN4. The molecule has 1 spiro atoms. The Kier molecular flexibility index (Phi) is 11.4. The Bertz CT molecular complexity index is 378. The third kappa shape index (κ3) is 8.02. The lowest BCUT2D eigenvalue weighted by Gasteiger charge is -2.26. The van der Waals surface area contributed by atoms with E-state index in [1.807, 2.05) is 0 Å². The molecule has 25 heavy (non-hydrogen) atoms. The molecule has 4 nitrogen and oxygen atoms in total. The van der Waals surface area contributed by atoms with Gasteiger partial charge in [-0.2, -0.15) is 0 Å². The van der Waals surface area contributed by atoms with Crippen LogP contribution >= 0.6 is 24.0 Å². The number of guanidine groups is 1. The van der Waals surface area contributed by atoms with Crippen molar-refractivity contribution in [3.8, 4) is 0 Å². The highest BCUT2D eigenvalue weighted by molar-refractivity contribution is 14.0. The largest absolute Gasteiger partial charge is 0.357 e. The average molecular weight is 464 g/mol. The summed E-state index contributed by atoms with van der Waals surface area (Å²) < 4.78 is 0. The zero-order valence-electron chi connectivity index (χ0n) is 16.9. The smallest absolute Gasteiger partial charge is 0.193 e. The molecule has 0 aromatic heterocycles. The third-order valence-electron chi connectivity index (χ3n) is 5.76. The first-order valence-corrected chi connectivity index (χ1v) is 10.3. The zero-order valence-corrected chi connectivity index (χ0v) is 19.2. The van der Waals surface area contributed by atoms with E-state index in [0.717, 1.165) is 13.1 Å². The molecule has 5 heteroatoms. The Morgan fingerprint density at radius 1 is 1.04 bits per heavy atom. The Labute approximate surface area is 173 Å². The van der Waals surface area contributed by atoms with Gasteiger partial charge in [-0.25, -0.2) is 0 Å². The SMILES string of the molecule is CCNC(=NCCCCCCCN(C)C)N1CCC2(CCCC2)C1.I. The average Bonchev–Trinajstić information content (AvgIpc) is 3.19. The number of nitrogens with zero attached hydrogens (tertiary/aromatic N) is 3. The van der Waals surface area contributed by atoms with Gasteiger partial charge in [0.25, 0.3) is 0 Å². The second kappa shape index (κ2) is 12.4. The predicted octanol–water partition coefficient (Wildman–Crippen LogP) is 4.35.